The Balaban J connectivity index is 0.805. The predicted molar refractivity (Wildman–Crippen MR) is 285 cm³/mol. The van der Waals surface area contributed by atoms with Gasteiger partial charge in [0.2, 0.25) is 0 Å². The van der Waals surface area contributed by atoms with Gasteiger partial charge in [0, 0.05) is 46.8 Å². The fourth-order valence-corrected chi connectivity index (χ4v) is 11.7. The Labute approximate surface area is 393 Å². The lowest BCUT2D eigenvalue weighted by molar-refractivity contribution is 0.659. The van der Waals surface area contributed by atoms with Gasteiger partial charge in [-0.3, -0.25) is 0 Å². The summed E-state index contributed by atoms with van der Waals surface area (Å²) in [5, 5.41) is 5.04. The molecule has 0 saturated carbocycles. The van der Waals surface area contributed by atoms with Crippen LogP contribution in [0.5, 0.6) is 0 Å². The van der Waals surface area contributed by atoms with Crippen LogP contribution >= 0.6 is 0 Å². The molecule has 2 nitrogen and oxygen atoms in total. The van der Waals surface area contributed by atoms with E-state index >= 15 is 0 Å². The third kappa shape index (κ3) is 6.46. The molecule has 1 aliphatic carbocycles. The van der Waals surface area contributed by atoms with Gasteiger partial charge in [0.05, 0.1) is 0 Å². The summed E-state index contributed by atoms with van der Waals surface area (Å²) in [7, 11) is 0. The minimum atomic E-state index is -0.0982. The normalized spacial score (nSPS) is 14.5. The van der Waals surface area contributed by atoms with Gasteiger partial charge >= 0.3 is 0 Å². The summed E-state index contributed by atoms with van der Waals surface area (Å²) >= 11 is 0. The van der Waals surface area contributed by atoms with Crippen LogP contribution in [-0.2, 0) is 18.3 Å². The molecule has 67 heavy (non-hydrogen) atoms. The Morgan fingerprint density at radius 3 is 1.49 bits per heavy atom. The largest absolute Gasteiger partial charge is 0.341 e. The molecule has 0 spiro atoms. The zero-order valence-electron chi connectivity index (χ0n) is 38.0. The zero-order chi connectivity index (χ0) is 44.6. The first-order valence-corrected chi connectivity index (χ1v) is 23.9. The Bertz CT molecular complexity index is 3510. The molecule has 10 aromatic rings. The van der Waals surface area contributed by atoms with Crippen molar-refractivity contribution in [2.75, 3.05) is 16.3 Å². The van der Waals surface area contributed by atoms with Gasteiger partial charge in [-0.05, 0) is 149 Å². The maximum Gasteiger partial charge on any atom is 0.0497 e. The molecule has 0 fully saturated rings. The zero-order valence-corrected chi connectivity index (χ0v) is 38.0. The standard InChI is InChI=1S/C65H50N2/c1-65(2)58-40-44(29-37-52(58)53-38-36-51(42-59(53)65)66-39-13-17-45-14-3-10-22-60(45)66)26-25-43-27-30-46(31-28-43)63-54-18-6-8-20-56(54)64(57-21-9-7-19-55(57)63)47-32-34-50(35-33-47)67-61-23-11-4-15-48(61)41-49-16-5-12-24-62(49)67/h3-12,14-16,18-38,40,42H,13,17,39,41H2,1-2H3. The average Bonchev–Trinajstić information content (AvgIpc) is 3.61. The van der Waals surface area contributed by atoms with Gasteiger partial charge in [-0.1, -0.05) is 190 Å². The van der Waals surface area contributed by atoms with Gasteiger partial charge in [0.15, 0.2) is 0 Å². The minimum Gasteiger partial charge on any atom is -0.341 e. The number of anilines is 5. The van der Waals surface area contributed by atoms with Crippen LogP contribution < -0.4 is 9.80 Å². The summed E-state index contributed by atoms with van der Waals surface area (Å²) in [6.07, 6.45) is 7.82. The molecular formula is C65H50N2. The smallest absolute Gasteiger partial charge is 0.0497 e. The van der Waals surface area contributed by atoms with Gasteiger partial charge in [-0.25, -0.2) is 0 Å². The van der Waals surface area contributed by atoms with Crippen molar-refractivity contribution in [3.8, 4) is 33.4 Å². The molecule has 320 valence electrons. The summed E-state index contributed by atoms with van der Waals surface area (Å²) in [6, 6.07) is 77.0. The second kappa shape index (κ2) is 15.6. The van der Waals surface area contributed by atoms with Crippen LogP contribution in [0.15, 0.2) is 206 Å². The number of para-hydroxylation sites is 3. The fraction of sp³-hybridized carbons (Fsp3) is 0.108. The molecule has 2 aliphatic heterocycles. The highest BCUT2D eigenvalue weighted by molar-refractivity contribution is 6.21. The molecule has 2 heteroatoms. The number of benzene rings is 10. The highest BCUT2D eigenvalue weighted by Gasteiger charge is 2.36. The van der Waals surface area contributed by atoms with Crippen molar-refractivity contribution >= 4 is 62.1 Å². The van der Waals surface area contributed by atoms with Crippen LogP contribution in [0.4, 0.5) is 28.4 Å². The van der Waals surface area contributed by atoms with Crippen LogP contribution in [0.2, 0.25) is 0 Å². The first-order chi connectivity index (χ1) is 33.0. The second-order valence-electron chi connectivity index (χ2n) is 19.2. The van der Waals surface area contributed by atoms with E-state index in [2.05, 4.69) is 242 Å². The lowest BCUT2D eigenvalue weighted by Gasteiger charge is -2.33. The number of rotatable bonds is 6. The van der Waals surface area contributed by atoms with Gasteiger partial charge in [-0.2, -0.15) is 0 Å². The maximum absolute atomic E-state index is 2.52. The molecule has 0 saturated heterocycles. The molecule has 2 heterocycles. The molecule has 13 rings (SSSR count). The third-order valence-electron chi connectivity index (χ3n) is 15.0. The van der Waals surface area contributed by atoms with E-state index in [0.29, 0.717) is 0 Å². The van der Waals surface area contributed by atoms with E-state index in [1.807, 2.05) is 0 Å². The fourth-order valence-electron chi connectivity index (χ4n) is 11.7. The molecule has 0 amide bonds. The number of nitrogens with zero attached hydrogens (tertiary/aromatic N) is 2. The Hall–Kier alpha value is -7.94. The van der Waals surface area contributed by atoms with Gasteiger partial charge in [0.1, 0.15) is 0 Å². The molecule has 0 aromatic heterocycles. The molecule has 0 atom stereocenters. The Morgan fingerprint density at radius 1 is 0.418 bits per heavy atom. The van der Waals surface area contributed by atoms with Gasteiger partial charge in [-0.15, -0.1) is 0 Å². The molecule has 10 aromatic carbocycles. The monoisotopic (exact) mass is 858 g/mol. The Morgan fingerprint density at radius 2 is 0.881 bits per heavy atom. The lowest BCUT2D eigenvalue weighted by Crippen LogP contribution is -2.25. The quantitative estimate of drug-likeness (QED) is 0.121. The minimum absolute atomic E-state index is 0.0982. The number of hydrogen-bond acceptors (Lipinski definition) is 2. The van der Waals surface area contributed by atoms with Crippen molar-refractivity contribution in [3.63, 3.8) is 0 Å². The van der Waals surface area contributed by atoms with E-state index in [1.54, 1.807) is 0 Å². The number of hydrogen-bond donors (Lipinski definition) is 0. The summed E-state index contributed by atoms with van der Waals surface area (Å²) in [5.74, 6) is 0. The summed E-state index contributed by atoms with van der Waals surface area (Å²) in [4.78, 5) is 4.94. The second-order valence-corrected chi connectivity index (χ2v) is 19.2. The van der Waals surface area contributed by atoms with E-state index in [9.17, 15) is 0 Å². The highest BCUT2D eigenvalue weighted by atomic mass is 15.2. The average molecular weight is 859 g/mol. The molecule has 3 aliphatic rings. The van der Waals surface area contributed by atoms with Crippen molar-refractivity contribution < 1.29 is 0 Å². The highest BCUT2D eigenvalue weighted by Crippen LogP contribution is 2.51. The van der Waals surface area contributed by atoms with Crippen molar-refractivity contribution in [2.45, 2.75) is 38.5 Å². The van der Waals surface area contributed by atoms with Crippen LogP contribution in [0.25, 0.3) is 67.1 Å². The third-order valence-corrected chi connectivity index (χ3v) is 15.0. The molecule has 0 bridgehead atoms. The first-order valence-electron chi connectivity index (χ1n) is 23.9. The van der Waals surface area contributed by atoms with Crippen molar-refractivity contribution in [1.82, 2.24) is 0 Å². The van der Waals surface area contributed by atoms with Gasteiger partial charge in [0.25, 0.3) is 0 Å². The number of aryl methyl sites for hydroxylation is 1. The van der Waals surface area contributed by atoms with Gasteiger partial charge < -0.3 is 9.80 Å². The van der Waals surface area contributed by atoms with E-state index in [1.165, 1.54) is 129 Å². The summed E-state index contributed by atoms with van der Waals surface area (Å²) in [5.41, 5.74) is 23.3. The topological polar surface area (TPSA) is 6.48 Å². The van der Waals surface area contributed by atoms with E-state index in [4.69, 9.17) is 0 Å². The molecule has 0 radical (unpaired) electrons. The van der Waals surface area contributed by atoms with Crippen LogP contribution in [-0.4, -0.2) is 6.54 Å². The van der Waals surface area contributed by atoms with Crippen LogP contribution in [0.1, 0.15) is 59.2 Å². The predicted octanol–water partition coefficient (Wildman–Crippen LogP) is 17.3. The summed E-state index contributed by atoms with van der Waals surface area (Å²) in [6.45, 7) is 5.84. The maximum atomic E-state index is 2.52. The van der Waals surface area contributed by atoms with E-state index in [-0.39, 0.29) is 5.41 Å². The van der Waals surface area contributed by atoms with E-state index < -0.39 is 0 Å². The van der Waals surface area contributed by atoms with Crippen molar-refractivity contribution in [2.24, 2.45) is 0 Å². The van der Waals surface area contributed by atoms with Crippen molar-refractivity contribution in [3.05, 3.63) is 245 Å². The molecular weight excluding hydrogens is 809 g/mol. The Kier molecular flexibility index (Phi) is 9.18. The molecule has 0 unspecified atom stereocenters. The number of fused-ring (bicyclic) bond motifs is 8. The SMILES string of the molecule is CC1(C)c2cc(C=Cc3ccc(-c4c5ccccc5c(-c5ccc(N6c7ccccc7Cc7ccccc76)cc5)c5ccccc45)cc3)ccc2-c2ccc(N3CCCc4ccccc43)cc21. The summed E-state index contributed by atoms with van der Waals surface area (Å²) < 4.78 is 0. The molecule has 0 N–H and O–H groups in total. The first kappa shape index (κ1) is 39.4. The van der Waals surface area contributed by atoms with Crippen LogP contribution in [0.3, 0.4) is 0 Å². The van der Waals surface area contributed by atoms with Crippen molar-refractivity contribution in [1.29, 1.82) is 0 Å². The van der Waals surface area contributed by atoms with E-state index in [0.717, 1.165) is 19.4 Å². The van der Waals surface area contributed by atoms with Crippen LogP contribution in [0, 0.1) is 0 Å². The lowest BCUT2D eigenvalue weighted by atomic mass is 9.81.